The molecule has 128 valence electrons. The smallest absolute Gasteiger partial charge is 0.221 e. The van der Waals surface area contributed by atoms with E-state index in [2.05, 4.69) is 19.2 Å². The Kier molecular flexibility index (Phi) is 8.30. The molecule has 1 aromatic carbocycles. The molecule has 23 heavy (non-hydrogen) atoms. The van der Waals surface area contributed by atoms with Crippen molar-refractivity contribution in [3.63, 3.8) is 0 Å². The number of carbonyl (C=O) groups excluding carboxylic acids is 2. The molecule has 4 nitrogen and oxygen atoms in total. The Bertz CT molecular complexity index is 500. The second-order valence-electron chi connectivity index (χ2n) is 6.17. The molecule has 0 unspecified atom stereocenters. The molecule has 0 saturated carbocycles. The molecule has 0 aliphatic heterocycles. The fourth-order valence-electron chi connectivity index (χ4n) is 2.17. The minimum Gasteiger partial charge on any atom is -0.356 e. The Morgan fingerprint density at radius 2 is 1.83 bits per heavy atom. The summed E-state index contributed by atoms with van der Waals surface area (Å²) < 4.78 is 12.9. The Labute approximate surface area is 138 Å². The summed E-state index contributed by atoms with van der Waals surface area (Å²) in [6.45, 7) is 7.33. The lowest BCUT2D eigenvalue weighted by Gasteiger charge is -2.21. The fraction of sp³-hybridized carbons (Fsp3) is 0.556. The van der Waals surface area contributed by atoms with E-state index in [0.717, 1.165) is 12.0 Å². The maximum absolute atomic E-state index is 12.9. The van der Waals surface area contributed by atoms with E-state index in [0.29, 0.717) is 38.4 Å². The van der Waals surface area contributed by atoms with Crippen LogP contribution in [0.1, 0.15) is 39.2 Å². The molecule has 0 aromatic heterocycles. The molecule has 0 spiro atoms. The van der Waals surface area contributed by atoms with Gasteiger partial charge in [-0.05, 0) is 36.5 Å². The van der Waals surface area contributed by atoms with Crippen molar-refractivity contribution in [3.05, 3.63) is 35.6 Å². The van der Waals surface area contributed by atoms with Gasteiger partial charge in [-0.25, -0.2) is 4.39 Å². The second-order valence-corrected chi connectivity index (χ2v) is 6.17. The lowest BCUT2D eigenvalue weighted by atomic mass is 10.1. The zero-order chi connectivity index (χ0) is 17.2. The summed E-state index contributed by atoms with van der Waals surface area (Å²) in [5.41, 5.74) is 0.971. The SMILES string of the molecule is CC(=O)N(CCC(=O)NCCC(C)C)CCc1ccc(F)cc1. The highest BCUT2D eigenvalue weighted by Crippen LogP contribution is 2.05. The standard InChI is InChI=1S/C18H27FN2O2/c1-14(2)8-11-20-18(23)10-13-21(15(3)22)12-9-16-4-6-17(19)7-5-16/h4-7,14H,8-13H2,1-3H3,(H,20,23). The van der Waals surface area contributed by atoms with Crippen molar-refractivity contribution >= 4 is 11.8 Å². The topological polar surface area (TPSA) is 49.4 Å². The van der Waals surface area contributed by atoms with Crippen LogP contribution in [0.3, 0.4) is 0 Å². The van der Waals surface area contributed by atoms with Crippen molar-refractivity contribution in [2.45, 2.75) is 40.0 Å². The third kappa shape index (κ3) is 8.33. The van der Waals surface area contributed by atoms with Crippen LogP contribution >= 0.6 is 0 Å². The van der Waals surface area contributed by atoms with Crippen LogP contribution < -0.4 is 5.32 Å². The van der Waals surface area contributed by atoms with Gasteiger partial charge in [0, 0.05) is 33.0 Å². The molecule has 0 bridgehead atoms. The van der Waals surface area contributed by atoms with Crippen LogP contribution in [-0.4, -0.2) is 36.3 Å². The number of amides is 2. The van der Waals surface area contributed by atoms with Gasteiger partial charge in [0.05, 0.1) is 0 Å². The Morgan fingerprint density at radius 3 is 2.39 bits per heavy atom. The maximum Gasteiger partial charge on any atom is 0.221 e. The van der Waals surface area contributed by atoms with Gasteiger partial charge in [0.25, 0.3) is 0 Å². The molecule has 2 amide bonds. The molecule has 0 aliphatic carbocycles. The Hall–Kier alpha value is -1.91. The summed E-state index contributed by atoms with van der Waals surface area (Å²) >= 11 is 0. The van der Waals surface area contributed by atoms with E-state index >= 15 is 0 Å². The highest BCUT2D eigenvalue weighted by molar-refractivity contribution is 5.77. The predicted molar refractivity (Wildman–Crippen MR) is 89.4 cm³/mol. The largest absolute Gasteiger partial charge is 0.356 e. The van der Waals surface area contributed by atoms with Gasteiger partial charge in [0.15, 0.2) is 0 Å². The van der Waals surface area contributed by atoms with E-state index in [-0.39, 0.29) is 17.6 Å². The van der Waals surface area contributed by atoms with E-state index in [4.69, 9.17) is 0 Å². The van der Waals surface area contributed by atoms with Crippen molar-refractivity contribution in [2.24, 2.45) is 5.92 Å². The molecule has 0 saturated heterocycles. The first kappa shape index (κ1) is 19.1. The van der Waals surface area contributed by atoms with Crippen molar-refractivity contribution < 1.29 is 14.0 Å². The van der Waals surface area contributed by atoms with E-state index in [1.54, 1.807) is 17.0 Å². The van der Waals surface area contributed by atoms with Crippen LogP contribution in [0.4, 0.5) is 4.39 Å². The van der Waals surface area contributed by atoms with Gasteiger partial charge in [0.2, 0.25) is 11.8 Å². The summed E-state index contributed by atoms with van der Waals surface area (Å²) in [5.74, 6) is 0.204. The summed E-state index contributed by atoms with van der Waals surface area (Å²) in [5, 5.41) is 2.87. The molecule has 0 heterocycles. The van der Waals surface area contributed by atoms with Crippen molar-refractivity contribution in [3.8, 4) is 0 Å². The van der Waals surface area contributed by atoms with Gasteiger partial charge in [-0.15, -0.1) is 0 Å². The van der Waals surface area contributed by atoms with Gasteiger partial charge in [-0.3, -0.25) is 9.59 Å². The summed E-state index contributed by atoms with van der Waals surface area (Å²) in [6.07, 6.45) is 1.91. The van der Waals surface area contributed by atoms with Crippen LogP contribution in [0.5, 0.6) is 0 Å². The van der Waals surface area contributed by atoms with Gasteiger partial charge < -0.3 is 10.2 Å². The Morgan fingerprint density at radius 1 is 1.17 bits per heavy atom. The number of halogens is 1. The van der Waals surface area contributed by atoms with Gasteiger partial charge in [-0.1, -0.05) is 26.0 Å². The molecular weight excluding hydrogens is 295 g/mol. The predicted octanol–water partition coefficient (Wildman–Crippen LogP) is 2.77. The van der Waals surface area contributed by atoms with Crippen LogP contribution in [0.15, 0.2) is 24.3 Å². The number of rotatable bonds is 9. The normalized spacial score (nSPS) is 10.7. The number of benzene rings is 1. The minimum atomic E-state index is -0.268. The van der Waals surface area contributed by atoms with Crippen molar-refractivity contribution in [1.29, 1.82) is 0 Å². The molecule has 1 aromatic rings. The van der Waals surface area contributed by atoms with Crippen LogP contribution in [0.25, 0.3) is 0 Å². The number of nitrogens with one attached hydrogen (secondary N) is 1. The van der Waals surface area contributed by atoms with Gasteiger partial charge in [-0.2, -0.15) is 0 Å². The average molecular weight is 322 g/mol. The maximum atomic E-state index is 12.9. The molecular formula is C18H27FN2O2. The monoisotopic (exact) mass is 322 g/mol. The lowest BCUT2D eigenvalue weighted by molar-refractivity contribution is -0.129. The van der Waals surface area contributed by atoms with Crippen LogP contribution in [0.2, 0.25) is 0 Å². The summed E-state index contributed by atoms with van der Waals surface area (Å²) in [7, 11) is 0. The molecule has 5 heteroatoms. The molecule has 0 radical (unpaired) electrons. The number of hydrogen-bond donors (Lipinski definition) is 1. The fourth-order valence-corrected chi connectivity index (χ4v) is 2.17. The van der Waals surface area contributed by atoms with Crippen molar-refractivity contribution in [2.75, 3.05) is 19.6 Å². The molecule has 0 atom stereocenters. The lowest BCUT2D eigenvalue weighted by Crippen LogP contribution is -2.35. The van der Waals surface area contributed by atoms with Crippen molar-refractivity contribution in [1.82, 2.24) is 10.2 Å². The zero-order valence-corrected chi connectivity index (χ0v) is 14.3. The number of hydrogen-bond acceptors (Lipinski definition) is 2. The quantitative estimate of drug-likeness (QED) is 0.760. The van der Waals surface area contributed by atoms with E-state index in [1.165, 1.54) is 19.1 Å². The third-order valence-corrected chi connectivity index (χ3v) is 3.68. The van der Waals surface area contributed by atoms with Crippen LogP contribution in [-0.2, 0) is 16.0 Å². The molecule has 0 fully saturated rings. The first-order valence-electron chi connectivity index (χ1n) is 8.15. The first-order valence-corrected chi connectivity index (χ1v) is 8.15. The first-order chi connectivity index (χ1) is 10.9. The van der Waals surface area contributed by atoms with E-state index in [1.807, 2.05) is 0 Å². The van der Waals surface area contributed by atoms with Crippen LogP contribution in [0, 0.1) is 11.7 Å². The second kappa shape index (κ2) is 9.98. The third-order valence-electron chi connectivity index (χ3n) is 3.68. The minimum absolute atomic E-state index is 0.0290. The van der Waals surface area contributed by atoms with E-state index < -0.39 is 0 Å². The molecule has 1 rings (SSSR count). The highest BCUT2D eigenvalue weighted by atomic mass is 19.1. The zero-order valence-electron chi connectivity index (χ0n) is 14.3. The summed E-state index contributed by atoms with van der Waals surface area (Å²) in [6, 6.07) is 6.25. The Balaban J connectivity index is 2.35. The van der Waals surface area contributed by atoms with E-state index in [9.17, 15) is 14.0 Å². The molecule has 0 aliphatic rings. The molecule has 1 N–H and O–H groups in total. The highest BCUT2D eigenvalue weighted by Gasteiger charge is 2.11. The number of carbonyl (C=O) groups is 2. The average Bonchev–Trinajstić information content (AvgIpc) is 2.48. The summed E-state index contributed by atoms with van der Waals surface area (Å²) in [4.78, 5) is 25.1. The van der Waals surface area contributed by atoms with Gasteiger partial charge >= 0.3 is 0 Å². The van der Waals surface area contributed by atoms with Gasteiger partial charge in [0.1, 0.15) is 5.82 Å². The number of nitrogens with zero attached hydrogens (tertiary/aromatic N) is 1.